The number of amides is 1. The Morgan fingerprint density at radius 2 is 2.56 bits per heavy atom. The SMILES string of the molecule is Cn1ccc(C(=O)N2CCOC(CO)C2)n1. The van der Waals surface area contributed by atoms with Crippen molar-refractivity contribution >= 4 is 5.91 Å². The number of hydrogen-bond acceptors (Lipinski definition) is 4. The van der Waals surface area contributed by atoms with Crippen LogP contribution in [0.5, 0.6) is 0 Å². The van der Waals surface area contributed by atoms with Gasteiger partial charge in [-0.25, -0.2) is 0 Å². The Labute approximate surface area is 93.4 Å². The highest BCUT2D eigenvalue weighted by molar-refractivity contribution is 5.92. The number of ether oxygens (including phenoxy) is 1. The number of carbonyl (C=O) groups is 1. The van der Waals surface area contributed by atoms with E-state index in [4.69, 9.17) is 9.84 Å². The molecule has 0 radical (unpaired) electrons. The van der Waals surface area contributed by atoms with Crippen molar-refractivity contribution in [2.24, 2.45) is 7.05 Å². The number of morpholine rings is 1. The summed E-state index contributed by atoms with van der Waals surface area (Å²) in [5.41, 5.74) is 0.432. The molecule has 0 aromatic carbocycles. The first-order valence-corrected chi connectivity index (χ1v) is 5.22. The molecule has 0 saturated carbocycles. The molecule has 2 heterocycles. The number of carbonyl (C=O) groups excluding carboxylic acids is 1. The number of aryl methyl sites for hydroxylation is 1. The van der Waals surface area contributed by atoms with Crippen LogP contribution in [-0.2, 0) is 11.8 Å². The molecule has 1 fully saturated rings. The smallest absolute Gasteiger partial charge is 0.274 e. The van der Waals surface area contributed by atoms with Crippen LogP contribution in [-0.4, -0.2) is 58.1 Å². The largest absolute Gasteiger partial charge is 0.394 e. The second-order valence-electron chi connectivity index (χ2n) is 3.80. The molecule has 0 aliphatic carbocycles. The summed E-state index contributed by atoms with van der Waals surface area (Å²) in [7, 11) is 1.77. The third-order valence-electron chi connectivity index (χ3n) is 2.56. The Bertz CT molecular complexity index is 377. The Balaban J connectivity index is 2.04. The Morgan fingerprint density at radius 3 is 3.19 bits per heavy atom. The quantitative estimate of drug-likeness (QED) is 0.719. The maximum atomic E-state index is 12.0. The van der Waals surface area contributed by atoms with Gasteiger partial charge in [0, 0.05) is 26.3 Å². The van der Waals surface area contributed by atoms with Gasteiger partial charge in [0.05, 0.1) is 19.3 Å². The molecular weight excluding hydrogens is 210 g/mol. The van der Waals surface area contributed by atoms with Gasteiger partial charge in [-0.15, -0.1) is 0 Å². The van der Waals surface area contributed by atoms with Gasteiger partial charge in [-0.3, -0.25) is 9.48 Å². The highest BCUT2D eigenvalue weighted by Crippen LogP contribution is 2.08. The summed E-state index contributed by atoms with van der Waals surface area (Å²) in [6.45, 7) is 1.37. The van der Waals surface area contributed by atoms with Crippen molar-refractivity contribution in [3.63, 3.8) is 0 Å². The van der Waals surface area contributed by atoms with Crippen LogP contribution in [0.25, 0.3) is 0 Å². The van der Waals surface area contributed by atoms with Crippen LogP contribution in [0.1, 0.15) is 10.5 Å². The summed E-state index contributed by atoms with van der Waals surface area (Å²) in [6, 6.07) is 1.69. The normalized spacial score (nSPS) is 21.1. The van der Waals surface area contributed by atoms with Crippen molar-refractivity contribution in [3.8, 4) is 0 Å². The van der Waals surface area contributed by atoms with Gasteiger partial charge < -0.3 is 14.7 Å². The number of aliphatic hydroxyl groups excluding tert-OH is 1. The monoisotopic (exact) mass is 225 g/mol. The van der Waals surface area contributed by atoms with E-state index >= 15 is 0 Å². The van der Waals surface area contributed by atoms with Crippen molar-refractivity contribution in [2.75, 3.05) is 26.3 Å². The summed E-state index contributed by atoms with van der Waals surface area (Å²) in [5, 5.41) is 13.0. The first-order chi connectivity index (χ1) is 7.70. The fourth-order valence-corrected chi connectivity index (χ4v) is 1.71. The van der Waals surface area contributed by atoms with Gasteiger partial charge in [0.2, 0.25) is 0 Å². The van der Waals surface area contributed by atoms with Crippen LogP contribution in [0, 0.1) is 0 Å². The third kappa shape index (κ3) is 2.23. The zero-order valence-corrected chi connectivity index (χ0v) is 9.17. The minimum Gasteiger partial charge on any atom is -0.394 e. The number of nitrogens with zero attached hydrogens (tertiary/aromatic N) is 3. The zero-order chi connectivity index (χ0) is 11.5. The van der Waals surface area contributed by atoms with Gasteiger partial charge in [0.25, 0.3) is 5.91 Å². The standard InChI is InChI=1S/C10H15N3O3/c1-12-3-2-9(11-12)10(15)13-4-5-16-8(6-13)7-14/h2-3,8,14H,4-7H2,1H3. The van der Waals surface area contributed by atoms with E-state index < -0.39 is 0 Å². The van der Waals surface area contributed by atoms with Crippen molar-refractivity contribution in [3.05, 3.63) is 18.0 Å². The molecule has 1 aromatic heterocycles. The highest BCUT2D eigenvalue weighted by Gasteiger charge is 2.25. The van der Waals surface area contributed by atoms with Crippen molar-refractivity contribution in [1.82, 2.24) is 14.7 Å². The summed E-state index contributed by atoms with van der Waals surface area (Å²) >= 11 is 0. The Kier molecular flexibility index (Phi) is 3.21. The molecule has 0 bridgehead atoms. The second kappa shape index (κ2) is 4.63. The Hall–Kier alpha value is -1.40. The molecule has 1 aliphatic heterocycles. The molecule has 1 unspecified atom stereocenters. The van der Waals surface area contributed by atoms with Crippen molar-refractivity contribution < 1.29 is 14.6 Å². The van der Waals surface area contributed by atoms with Gasteiger partial charge in [-0.1, -0.05) is 0 Å². The molecule has 2 rings (SSSR count). The summed E-state index contributed by atoms with van der Waals surface area (Å²) in [4.78, 5) is 13.6. The van der Waals surface area contributed by atoms with Crippen molar-refractivity contribution in [1.29, 1.82) is 0 Å². The number of hydrogen-bond donors (Lipinski definition) is 1. The number of rotatable bonds is 2. The molecular formula is C10H15N3O3. The lowest BCUT2D eigenvalue weighted by atomic mass is 10.2. The second-order valence-corrected chi connectivity index (χ2v) is 3.80. The van der Waals surface area contributed by atoms with Gasteiger partial charge >= 0.3 is 0 Å². The van der Waals surface area contributed by atoms with Crippen LogP contribution in [0.2, 0.25) is 0 Å². The first kappa shape index (κ1) is 11.1. The van der Waals surface area contributed by atoms with E-state index in [2.05, 4.69) is 5.10 Å². The van der Waals surface area contributed by atoms with Crippen LogP contribution in [0.4, 0.5) is 0 Å². The molecule has 1 aromatic rings. The summed E-state index contributed by atoms with van der Waals surface area (Å²) in [6.07, 6.45) is 1.46. The van der Waals surface area contributed by atoms with E-state index in [1.165, 1.54) is 0 Å². The van der Waals surface area contributed by atoms with Crippen molar-refractivity contribution in [2.45, 2.75) is 6.10 Å². The molecule has 1 saturated heterocycles. The molecule has 0 spiro atoms. The molecule has 88 valence electrons. The molecule has 1 aliphatic rings. The zero-order valence-electron chi connectivity index (χ0n) is 9.17. The van der Waals surface area contributed by atoms with E-state index in [-0.39, 0.29) is 18.6 Å². The number of aliphatic hydroxyl groups is 1. The predicted octanol–water partition coefficient (Wildman–Crippen LogP) is -0.747. The van der Waals surface area contributed by atoms with Gasteiger partial charge in [0.1, 0.15) is 5.69 Å². The topological polar surface area (TPSA) is 67.6 Å². The van der Waals surface area contributed by atoms with E-state index in [1.807, 2.05) is 0 Å². The molecule has 1 N–H and O–H groups in total. The lowest BCUT2D eigenvalue weighted by molar-refractivity contribution is -0.0448. The lowest BCUT2D eigenvalue weighted by Gasteiger charge is -2.31. The molecule has 6 nitrogen and oxygen atoms in total. The van der Waals surface area contributed by atoms with E-state index in [0.29, 0.717) is 25.4 Å². The summed E-state index contributed by atoms with van der Waals surface area (Å²) < 4.78 is 6.87. The minimum atomic E-state index is -0.276. The van der Waals surface area contributed by atoms with Crippen LogP contribution in [0.3, 0.4) is 0 Å². The molecule has 16 heavy (non-hydrogen) atoms. The Morgan fingerprint density at radius 1 is 1.75 bits per heavy atom. The fraction of sp³-hybridized carbons (Fsp3) is 0.600. The lowest BCUT2D eigenvalue weighted by Crippen LogP contribution is -2.47. The maximum Gasteiger partial charge on any atom is 0.274 e. The maximum absolute atomic E-state index is 12.0. The average Bonchev–Trinajstić information content (AvgIpc) is 2.75. The molecule has 1 amide bonds. The highest BCUT2D eigenvalue weighted by atomic mass is 16.5. The van der Waals surface area contributed by atoms with Gasteiger partial charge in [-0.2, -0.15) is 5.10 Å². The third-order valence-corrected chi connectivity index (χ3v) is 2.56. The van der Waals surface area contributed by atoms with Crippen LogP contribution in [0.15, 0.2) is 12.3 Å². The number of aromatic nitrogens is 2. The molecule has 1 atom stereocenters. The van der Waals surface area contributed by atoms with E-state index in [0.717, 1.165) is 0 Å². The van der Waals surface area contributed by atoms with E-state index in [9.17, 15) is 4.79 Å². The first-order valence-electron chi connectivity index (χ1n) is 5.22. The minimum absolute atomic E-state index is 0.0635. The van der Waals surface area contributed by atoms with Gasteiger partial charge in [-0.05, 0) is 6.07 Å². The van der Waals surface area contributed by atoms with E-state index in [1.54, 1.807) is 28.9 Å². The molecule has 6 heteroatoms. The van der Waals surface area contributed by atoms with Crippen LogP contribution < -0.4 is 0 Å². The predicted molar refractivity (Wildman–Crippen MR) is 55.9 cm³/mol. The average molecular weight is 225 g/mol. The van der Waals surface area contributed by atoms with Gasteiger partial charge in [0.15, 0.2) is 0 Å². The fourth-order valence-electron chi connectivity index (χ4n) is 1.71. The van der Waals surface area contributed by atoms with Crippen LogP contribution >= 0.6 is 0 Å². The summed E-state index contributed by atoms with van der Waals surface area (Å²) in [5.74, 6) is -0.109.